The highest BCUT2D eigenvalue weighted by molar-refractivity contribution is 5.46. The van der Waals surface area contributed by atoms with Crippen LogP contribution in [-0.4, -0.2) is 11.0 Å². The summed E-state index contributed by atoms with van der Waals surface area (Å²) in [5, 5.41) is 3.39. The summed E-state index contributed by atoms with van der Waals surface area (Å²) in [6, 6.07) is 4.46. The van der Waals surface area contributed by atoms with Gasteiger partial charge in [-0.15, -0.1) is 0 Å². The molecule has 0 aliphatic heterocycles. The summed E-state index contributed by atoms with van der Waals surface area (Å²) in [6.45, 7) is 0. The first-order chi connectivity index (χ1) is 5.84. The zero-order valence-corrected chi connectivity index (χ0v) is 6.96. The van der Waals surface area contributed by atoms with Crippen LogP contribution in [0, 0.1) is 0 Å². The van der Waals surface area contributed by atoms with Crippen molar-refractivity contribution < 1.29 is 0 Å². The van der Waals surface area contributed by atoms with Crippen LogP contribution in [0.2, 0.25) is 0 Å². The van der Waals surface area contributed by atoms with E-state index in [0.717, 1.165) is 5.69 Å². The Morgan fingerprint density at radius 3 is 2.75 bits per heavy atom. The molecule has 1 heterocycles. The molecule has 0 aromatic carbocycles. The van der Waals surface area contributed by atoms with Gasteiger partial charge < -0.3 is 11.1 Å². The van der Waals surface area contributed by atoms with Crippen LogP contribution >= 0.6 is 0 Å². The molecular formula is C9H13N3. The van der Waals surface area contributed by atoms with Gasteiger partial charge in [0.05, 0.1) is 11.9 Å². The van der Waals surface area contributed by atoms with Crippen LogP contribution in [-0.2, 0) is 0 Å². The van der Waals surface area contributed by atoms with Crippen LogP contribution < -0.4 is 11.1 Å². The van der Waals surface area contributed by atoms with Gasteiger partial charge in [-0.3, -0.25) is 0 Å². The number of rotatable bonds is 2. The van der Waals surface area contributed by atoms with Crippen molar-refractivity contribution in [1.29, 1.82) is 0 Å². The Bertz CT molecular complexity index is 251. The highest BCUT2D eigenvalue weighted by atomic mass is 14.9. The third-order valence-electron chi connectivity index (χ3n) is 2.26. The Hall–Kier alpha value is -1.25. The van der Waals surface area contributed by atoms with Crippen molar-refractivity contribution >= 4 is 11.5 Å². The fourth-order valence-corrected chi connectivity index (χ4v) is 1.28. The van der Waals surface area contributed by atoms with Crippen molar-refractivity contribution in [3.63, 3.8) is 0 Å². The molecule has 1 aliphatic rings. The van der Waals surface area contributed by atoms with Crippen molar-refractivity contribution in [2.24, 2.45) is 0 Å². The van der Waals surface area contributed by atoms with Crippen LogP contribution in [0.5, 0.6) is 0 Å². The highest BCUT2D eigenvalue weighted by Gasteiger charge is 2.16. The fraction of sp³-hybridized carbons (Fsp3) is 0.444. The quantitative estimate of drug-likeness (QED) is 0.696. The van der Waals surface area contributed by atoms with Gasteiger partial charge in [-0.25, -0.2) is 4.98 Å². The fourth-order valence-electron chi connectivity index (χ4n) is 1.28. The Labute approximate surface area is 72.0 Å². The molecule has 0 radical (unpaired) electrons. The topological polar surface area (TPSA) is 50.9 Å². The van der Waals surface area contributed by atoms with Gasteiger partial charge in [0.1, 0.15) is 5.82 Å². The van der Waals surface area contributed by atoms with Crippen molar-refractivity contribution in [2.45, 2.75) is 25.3 Å². The van der Waals surface area contributed by atoms with Gasteiger partial charge in [0, 0.05) is 6.04 Å². The zero-order chi connectivity index (χ0) is 8.39. The van der Waals surface area contributed by atoms with Crippen LogP contribution in [0.4, 0.5) is 11.5 Å². The second-order valence-corrected chi connectivity index (χ2v) is 3.24. The average Bonchev–Trinajstić information content (AvgIpc) is 2.00. The first-order valence-corrected chi connectivity index (χ1v) is 4.33. The molecule has 64 valence electrons. The first kappa shape index (κ1) is 7.40. The zero-order valence-electron chi connectivity index (χ0n) is 6.96. The van der Waals surface area contributed by atoms with E-state index >= 15 is 0 Å². The summed E-state index contributed by atoms with van der Waals surface area (Å²) < 4.78 is 0. The Morgan fingerprint density at radius 1 is 1.42 bits per heavy atom. The predicted octanol–water partition coefficient (Wildman–Crippen LogP) is 1.63. The molecule has 1 saturated carbocycles. The molecular weight excluding hydrogens is 150 g/mol. The highest BCUT2D eigenvalue weighted by Crippen LogP contribution is 2.22. The van der Waals surface area contributed by atoms with Crippen molar-refractivity contribution in [3.8, 4) is 0 Å². The maximum absolute atomic E-state index is 5.47. The minimum atomic E-state index is 0.578. The summed E-state index contributed by atoms with van der Waals surface area (Å²) in [7, 11) is 0. The van der Waals surface area contributed by atoms with E-state index in [2.05, 4.69) is 10.3 Å². The average molecular weight is 163 g/mol. The molecule has 1 fully saturated rings. The molecule has 3 heteroatoms. The largest absolute Gasteiger partial charge is 0.384 e. The maximum Gasteiger partial charge on any atom is 0.123 e. The molecule has 0 saturated heterocycles. The molecule has 12 heavy (non-hydrogen) atoms. The van der Waals surface area contributed by atoms with E-state index in [4.69, 9.17) is 5.73 Å². The lowest BCUT2D eigenvalue weighted by Crippen LogP contribution is -2.26. The number of hydrogen-bond donors (Lipinski definition) is 2. The van der Waals surface area contributed by atoms with Crippen molar-refractivity contribution in [1.82, 2.24) is 4.98 Å². The normalized spacial score (nSPS) is 17.0. The van der Waals surface area contributed by atoms with Gasteiger partial charge in [0.25, 0.3) is 0 Å². The number of nitrogens with two attached hydrogens (primary N) is 1. The van der Waals surface area contributed by atoms with E-state index in [1.807, 2.05) is 12.1 Å². The maximum atomic E-state index is 5.47. The summed E-state index contributed by atoms with van der Waals surface area (Å²) in [4.78, 5) is 4.01. The van der Waals surface area contributed by atoms with E-state index in [1.54, 1.807) is 6.20 Å². The van der Waals surface area contributed by atoms with E-state index in [-0.39, 0.29) is 0 Å². The van der Waals surface area contributed by atoms with Gasteiger partial charge >= 0.3 is 0 Å². The van der Waals surface area contributed by atoms with E-state index < -0.39 is 0 Å². The lowest BCUT2D eigenvalue weighted by Gasteiger charge is -2.27. The molecule has 0 unspecified atom stereocenters. The molecule has 1 aromatic heterocycles. The molecule has 0 amide bonds. The number of aromatic nitrogens is 1. The second kappa shape index (κ2) is 3.01. The molecule has 0 atom stereocenters. The number of hydrogen-bond acceptors (Lipinski definition) is 3. The van der Waals surface area contributed by atoms with Crippen LogP contribution in [0.25, 0.3) is 0 Å². The summed E-state index contributed by atoms with van der Waals surface area (Å²) in [6.07, 6.45) is 5.70. The predicted molar refractivity (Wildman–Crippen MR) is 49.9 cm³/mol. The van der Waals surface area contributed by atoms with E-state index in [1.165, 1.54) is 19.3 Å². The van der Waals surface area contributed by atoms with E-state index in [0.29, 0.717) is 11.9 Å². The first-order valence-electron chi connectivity index (χ1n) is 4.33. The van der Waals surface area contributed by atoms with Crippen molar-refractivity contribution in [2.75, 3.05) is 11.1 Å². The van der Waals surface area contributed by atoms with Gasteiger partial charge in [-0.2, -0.15) is 0 Å². The lowest BCUT2D eigenvalue weighted by atomic mass is 9.93. The number of nitrogens with zero attached hydrogens (tertiary/aromatic N) is 1. The van der Waals surface area contributed by atoms with Crippen LogP contribution in [0.1, 0.15) is 19.3 Å². The third-order valence-corrected chi connectivity index (χ3v) is 2.26. The third kappa shape index (κ3) is 1.49. The summed E-state index contributed by atoms with van der Waals surface area (Å²) in [5.41, 5.74) is 6.54. The minimum Gasteiger partial charge on any atom is -0.384 e. The lowest BCUT2D eigenvalue weighted by molar-refractivity contribution is 0.445. The smallest absolute Gasteiger partial charge is 0.123 e. The standard InChI is InChI=1S/C9H13N3/c10-9-5-4-8(6-11-9)12-7-2-1-3-7/h4-7,12H,1-3H2,(H2,10,11). The SMILES string of the molecule is Nc1ccc(NC2CCC2)cn1. The number of anilines is 2. The molecule has 0 spiro atoms. The molecule has 0 bridgehead atoms. The summed E-state index contributed by atoms with van der Waals surface area (Å²) in [5.74, 6) is 0.578. The van der Waals surface area contributed by atoms with E-state index in [9.17, 15) is 0 Å². The number of pyridine rings is 1. The van der Waals surface area contributed by atoms with Crippen LogP contribution in [0.15, 0.2) is 18.3 Å². The molecule has 1 aliphatic carbocycles. The molecule has 1 aromatic rings. The monoisotopic (exact) mass is 163 g/mol. The van der Waals surface area contributed by atoms with Crippen LogP contribution in [0.3, 0.4) is 0 Å². The molecule has 3 nitrogen and oxygen atoms in total. The van der Waals surface area contributed by atoms with Gasteiger partial charge in [-0.1, -0.05) is 0 Å². The number of nitrogen functional groups attached to an aromatic ring is 1. The summed E-state index contributed by atoms with van der Waals surface area (Å²) >= 11 is 0. The Morgan fingerprint density at radius 2 is 2.25 bits per heavy atom. The second-order valence-electron chi connectivity index (χ2n) is 3.24. The number of nitrogens with one attached hydrogen (secondary N) is 1. The van der Waals surface area contributed by atoms with Gasteiger partial charge in [0.2, 0.25) is 0 Å². The Kier molecular flexibility index (Phi) is 1.86. The molecule has 2 rings (SSSR count). The van der Waals surface area contributed by atoms with Gasteiger partial charge in [-0.05, 0) is 31.4 Å². The van der Waals surface area contributed by atoms with Gasteiger partial charge in [0.15, 0.2) is 0 Å². The molecule has 3 N–H and O–H groups in total. The Balaban J connectivity index is 1.98. The van der Waals surface area contributed by atoms with Crippen molar-refractivity contribution in [3.05, 3.63) is 18.3 Å². The minimum absolute atomic E-state index is 0.578.